The second-order valence-electron chi connectivity index (χ2n) is 11.0. The standard InChI is InChI=1S/C42H27Br/c43-40-24-23-39(33-17-7-8-18-34(33)40)42-37-21-11-9-19-35(37)41(36-20-10-12-22-38(36)42)32-26-30(28-13-3-1-4-14-28)25-31(27-32)29-15-5-2-6-16-29/h1-27H. The van der Waals surface area contributed by atoms with Gasteiger partial charge in [0.2, 0.25) is 0 Å². The quantitative estimate of drug-likeness (QED) is 0.174. The third-order valence-corrected chi connectivity index (χ3v) is 9.20. The van der Waals surface area contributed by atoms with Crippen LogP contribution < -0.4 is 0 Å². The van der Waals surface area contributed by atoms with Gasteiger partial charge in [-0.3, -0.25) is 0 Å². The van der Waals surface area contributed by atoms with Gasteiger partial charge in [0, 0.05) is 4.47 Å². The lowest BCUT2D eigenvalue weighted by Crippen LogP contribution is -1.93. The van der Waals surface area contributed by atoms with Crippen molar-refractivity contribution in [1.29, 1.82) is 0 Å². The zero-order valence-corrected chi connectivity index (χ0v) is 25.1. The fraction of sp³-hybridized carbons (Fsp3) is 0. The van der Waals surface area contributed by atoms with Crippen molar-refractivity contribution in [3.63, 3.8) is 0 Å². The van der Waals surface area contributed by atoms with Gasteiger partial charge >= 0.3 is 0 Å². The van der Waals surface area contributed by atoms with E-state index in [4.69, 9.17) is 0 Å². The molecule has 0 radical (unpaired) electrons. The maximum Gasteiger partial charge on any atom is 0.0254 e. The highest BCUT2D eigenvalue weighted by atomic mass is 79.9. The Labute approximate surface area is 260 Å². The topological polar surface area (TPSA) is 0 Å². The van der Waals surface area contributed by atoms with Crippen LogP contribution in [0, 0.1) is 0 Å². The van der Waals surface area contributed by atoms with E-state index in [0.717, 1.165) is 4.47 Å². The summed E-state index contributed by atoms with van der Waals surface area (Å²) in [6.07, 6.45) is 0. The van der Waals surface area contributed by atoms with Gasteiger partial charge in [0.15, 0.2) is 0 Å². The van der Waals surface area contributed by atoms with E-state index in [9.17, 15) is 0 Å². The fourth-order valence-electron chi connectivity index (χ4n) is 6.58. The molecule has 43 heavy (non-hydrogen) atoms. The molecule has 0 atom stereocenters. The van der Waals surface area contributed by atoms with Crippen molar-refractivity contribution in [3.05, 3.63) is 168 Å². The van der Waals surface area contributed by atoms with Crippen LogP contribution in [0.1, 0.15) is 0 Å². The molecule has 202 valence electrons. The maximum absolute atomic E-state index is 3.80. The molecule has 0 aromatic heterocycles. The minimum atomic E-state index is 1.11. The van der Waals surface area contributed by atoms with Crippen LogP contribution in [-0.2, 0) is 0 Å². The Hall–Kier alpha value is -4.98. The van der Waals surface area contributed by atoms with E-state index in [2.05, 4.69) is 180 Å². The van der Waals surface area contributed by atoms with E-state index in [1.54, 1.807) is 0 Å². The van der Waals surface area contributed by atoms with Crippen molar-refractivity contribution >= 4 is 48.2 Å². The molecule has 0 aliphatic heterocycles. The first-order valence-corrected chi connectivity index (χ1v) is 15.4. The Morgan fingerprint density at radius 2 is 0.674 bits per heavy atom. The highest BCUT2D eigenvalue weighted by Crippen LogP contribution is 2.47. The number of fused-ring (bicyclic) bond motifs is 3. The van der Waals surface area contributed by atoms with Gasteiger partial charge in [-0.1, -0.05) is 155 Å². The smallest absolute Gasteiger partial charge is 0.0254 e. The van der Waals surface area contributed by atoms with Crippen LogP contribution in [-0.4, -0.2) is 0 Å². The second kappa shape index (κ2) is 10.7. The summed E-state index contributed by atoms with van der Waals surface area (Å²) in [6, 6.07) is 59.5. The minimum absolute atomic E-state index is 1.11. The predicted octanol–water partition coefficient (Wildman–Crippen LogP) is 12.6. The molecular weight excluding hydrogens is 584 g/mol. The minimum Gasteiger partial charge on any atom is -0.0622 e. The normalized spacial score (nSPS) is 11.4. The summed E-state index contributed by atoms with van der Waals surface area (Å²) in [7, 11) is 0. The molecule has 0 saturated heterocycles. The van der Waals surface area contributed by atoms with Gasteiger partial charge in [-0.05, 0) is 101 Å². The number of hydrogen-bond acceptors (Lipinski definition) is 0. The number of benzene rings is 8. The molecule has 0 amide bonds. The summed E-state index contributed by atoms with van der Waals surface area (Å²) in [4.78, 5) is 0. The van der Waals surface area contributed by atoms with Gasteiger partial charge in [0.25, 0.3) is 0 Å². The molecule has 0 N–H and O–H groups in total. The summed E-state index contributed by atoms with van der Waals surface area (Å²) in [5, 5.41) is 7.50. The first kappa shape index (κ1) is 25.7. The molecule has 8 aromatic rings. The van der Waals surface area contributed by atoms with Gasteiger partial charge < -0.3 is 0 Å². The van der Waals surface area contributed by atoms with Gasteiger partial charge in [-0.15, -0.1) is 0 Å². The van der Waals surface area contributed by atoms with Crippen molar-refractivity contribution in [2.24, 2.45) is 0 Å². The lowest BCUT2D eigenvalue weighted by molar-refractivity contribution is 1.58. The zero-order chi connectivity index (χ0) is 28.8. The predicted molar refractivity (Wildman–Crippen MR) is 188 cm³/mol. The van der Waals surface area contributed by atoms with Crippen LogP contribution in [0.25, 0.3) is 76.8 Å². The lowest BCUT2D eigenvalue weighted by atomic mass is 9.83. The molecule has 0 saturated carbocycles. The molecule has 8 rings (SSSR count). The molecule has 0 spiro atoms. The van der Waals surface area contributed by atoms with E-state index in [0.29, 0.717) is 0 Å². The van der Waals surface area contributed by atoms with Crippen LogP contribution >= 0.6 is 15.9 Å². The first-order valence-electron chi connectivity index (χ1n) is 14.6. The zero-order valence-electron chi connectivity index (χ0n) is 23.5. The van der Waals surface area contributed by atoms with Gasteiger partial charge in [-0.25, -0.2) is 0 Å². The highest BCUT2D eigenvalue weighted by molar-refractivity contribution is 9.10. The van der Waals surface area contributed by atoms with E-state index in [1.165, 1.54) is 76.8 Å². The highest BCUT2D eigenvalue weighted by Gasteiger charge is 2.19. The summed E-state index contributed by atoms with van der Waals surface area (Å²) in [5.41, 5.74) is 9.88. The molecule has 0 bridgehead atoms. The Balaban J connectivity index is 1.49. The number of halogens is 1. The molecule has 0 fully saturated rings. The van der Waals surface area contributed by atoms with Crippen LogP contribution in [0.15, 0.2) is 168 Å². The number of rotatable bonds is 4. The largest absolute Gasteiger partial charge is 0.0622 e. The van der Waals surface area contributed by atoms with Crippen molar-refractivity contribution in [1.82, 2.24) is 0 Å². The second-order valence-corrected chi connectivity index (χ2v) is 11.9. The summed E-state index contributed by atoms with van der Waals surface area (Å²) >= 11 is 3.80. The van der Waals surface area contributed by atoms with Crippen LogP contribution in [0.3, 0.4) is 0 Å². The third kappa shape index (κ3) is 4.45. The fourth-order valence-corrected chi connectivity index (χ4v) is 7.05. The Morgan fingerprint density at radius 1 is 0.279 bits per heavy atom. The molecule has 0 unspecified atom stereocenters. The summed E-state index contributed by atoms with van der Waals surface area (Å²) in [6.45, 7) is 0. The summed E-state index contributed by atoms with van der Waals surface area (Å²) in [5.74, 6) is 0. The molecule has 0 aliphatic rings. The van der Waals surface area contributed by atoms with E-state index in [-0.39, 0.29) is 0 Å². The van der Waals surface area contributed by atoms with Gasteiger partial charge in [-0.2, -0.15) is 0 Å². The first-order chi connectivity index (χ1) is 21.3. The molecule has 0 heterocycles. The molecule has 8 aromatic carbocycles. The van der Waals surface area contributed by atoms with E-state index >= 15 is 0 Å². The molecule has 0 aliphatic carbocycles. The third-order valence-electron chi connectivity index (χ3n) is 8.51. The number of hydrogen-bond donors (Lipinski definition) is 0. The SMILES string of the molecule is Brc1ccc(-c2c3ccccc3c(-c3cc(-c4ccccc4)cc(-c4ccccc4)c3)c3ccccc23)c2ccccc12. The van der Waals surface area contributed by atoms with Gasteiger partial charge in [0.1, 0.15) is 0 Å². The molecule has 1 heteroatoms. The van der Waals surface area contributed by atoms with Crippen LogP contribution in [0.5, 0.6) is 0 Å². The monoisotopic (exact) mass is 610 g/mol. The van der Waals surface area contributed by atoms with E-state index in [1.807, 2.05) is 0 Å². The van der Waals surface area contributed by atoms with Gasteiger partial charge in [0.05, 0.1) is 0 Å². The molecular formula is C42H27Br. The average Bonchev–Trinajstić information content (AvgIpc) is 3.08. The van der Waals surface area contributed by atoms with Crippen molar-refractivity contribution in [2.75, 3.05) is 0 Å². The Bertz CT molecular complexity index is 2170. The van der Waals surface area contributed by atoms with Crippen LogP contribution in [0.4, 0.5) is 0 Å². The summed E-state index contributed by atoms with van der Waals surface area (Å²) < 4.78 is 1.11. The molecule has 0 nitrogen and oxygen atoms in total. The van der Waals surface area contributed by atoms with E-state index < -0.39 is 0 Å². The Kier molecular flexibility index (Phi) is 6.39. The van der Waals surface area contributed by atoms with Crippen molar-refractivity contribution in [3.8, 4) is 44.5 Å². The van der Waals surface area contributed by atoms with Crippen molar-refractivity contribution in [2.45, 2.75) is 0 Å². The van der Waals surface area contributed by atoms with Crippen molar-refractivity contribution < 1.29 is 0 Å². The lowest BCUT2D eigenvalue weighted by Gasteiger charge is -2.20. The average molecular weight is 612 g/mol. The Morgan fingerprint density at radius 3 is 1.19 bits per heavy atom. The van der Waals surface area contributed by atoms with Crippen LogP contribution in [0.2, 0.25) is 0 Å². The maximum atomic E-state index is 3.80.